The Kier molecular flexibility index (Phi) is 5.49. The Bertz CT molecular complexity index is 525. The quantitative estimate of drug-likeness (QED) is 0.832. The number of likely N-dealkylation sites (N-methyl/N-ethyl adjacent to an activating group) is 1. The fraction of sp³-hybridized carbons (Fsp3) is 0.500. The van der Waals surface area contributed by atoms with Crippen LogP contribution in [0.4, 0.5) is 4.39 Å². The minimum atomic E-state index is -0.313. The fourth-order valence-corrected chi connectivity index (χ4v) is 2.41. The van der Waals surface area contributed by atoms with E-state index in [4.69, 9.17) is 0 Å². The summed E-state index contributed by atoms with van der Waals surface area (Å²) in [6.45, 7) is 4.91. The van der Waals surface area contributed by atoms with Crippen LogP contribution in [0, 0.1) is 5.82 Å². The monoisotopic (exact) mass is 307 g/mol. The molecule has 120 valence electrons. The molecule has 5 nitrogen and oxygen atoms in total. The number of piperazine rings is 1. The van der Waals surface area contributed by atoms with Gasteiger partial charge in [0.2, 0.25) is 11.8 Å². The number of rotatable bonds is 4. The zero-order chi connectivity index (χ0) is 16.1. The third-order valence-electron chi connectivity index (χ3n) is 3.91. The summed E-state index contributed by atoms with van der Waals surface area (Å²) < 4.78 is 12.9. The number of carbonyl (C=O) groups excluding carboxylic acids is 2. The molecule has 0 spiro atoms. The third-order valence-corrected chi connectivity index (χ3v) is 3.91. The second kappa shape index (κ2) is 7.35. The van der Waals surface area contributed by atoms with Gasteiger partial charge in [-0.05, 0) is 24.7 Å². The molecule has 0 aromatic heterocycles. The number of nitrogens with zero attached hydrogens (tertiary/aromatic N) is 3. The van der Waals surface area contributed by atoms with Crippen molar-refractivity contribution in [2.45, 2.75) is 13.5 Å². The van der Waals surface area contributed by atoms with Crippen LogP contribution < -0.4 is 0 Å². The van der Waals surface area contributed by atoms with Crippen molar-refractivity contribution < 1.29 is 14.0 Å². The van der Waals surface area contributed by atoms with Gasteiger partial charge >= 0.3 is 0 Å². The minimum absolute atomic E-state index is 0.0367. The van der Waals surface area contributed by atoms with Crippen LogP contribution >= 0.6 is 0 Å². The lowest BCUT2D eigenvalue weighted by Crippen LogP contribution is -2.50. The molecule has 0 radical (unpaired) electrons. The van der Waals surface area contributed by atoms with E-state index in [1.54, 1.807) is 17.0 Å². The Morgan fingerprint density at radius 3 is 2.27 bits per heavy atom. The first kappa shape index (κ1) is 16.4. The van der Waals surface area contributed by atoms with Crippen molar-refractivity contribution in [3.8, 4) is 0 Å². The Morgan fingerprint density at radius 2 is 1.73 bits per heavy atom. The first-order valence-corrected chi connectivity index (χ1v) is 7.42. The number of hydrogen-bond donors (Lipinski definition) is 0. The molecule has 1 fully saturated rings. The van der Waals surface area contributed by atoms with Crippen LogP contribution in [0.3, 0.4) is 0 Å². The number of benzene rings is 1. The lowest BCUT2D eigenvalue weighted by Gasteiger charge is -2.33. The van der Waals surface area contributed by atoms with Gasteiger partial charge in [0, 0.05) is 39.6 Å². The maximum atomic E-state index is 12.9. The summed E-state index contributed by atoms with van der Waals surface area (Å²) in [6.07, 6.45) is 0. The topological polar surface area (TPSA) is 43.9 Å². The summed E-state index contributed by atoms with van der Waals surface area (Å²) in [5.41, 5.74) is 0.808. The number of amides is 2. The molecular formula is C16H22FN3O2. The van der Waals surface area contributed by atoms with Gasteiger partial charge in [0.05, 0.1) is 0 Å². The molecule has 1 aliphatic heterocycles. The summed E-state index contributed by atoms with van der Waals surface area (Å²) in [6, 6.07) is 5.98. The minimum Gasteiger partial charge on any atom is -0.339 e. The van der Waals surface area contributed by atoms with E-state index in [2.05, 4.69) is 4.90 Å². The van der Waals surface area contributed by atoms with E-state index < -0.39 is 0 Å². The maximum Gasteiger partial charge on any atom is 0.242 e. The number of hydrogen-bond acceptors (Lipinski definition) is 3. The van der Waals surface area contributed by atoms with Gasteiger partial charge in [-0.2, -0.15) is 0 Å². The molecule has 1 saturated heterocycles. The van der Waals surface area contributed by atoms with Crippen molar-refractivity contribution in [3.05, 3.63) is 35.6 Å². The lowest BCUT2D eigenvalue weighted by molar-refractivity contribution is -0.140. The molecule has 6 heteroatoms. The molecule has 1 aliphatic rings. The van der Waals surface area contributed by atoms with Gasteiger partial charge in [0.1, 0.15) is 12.4 Å². The Labute approximate surface area is 130 Å². The van der Waals surface area contributed by atoms with E-state index in [0.717, 1.165) is 18.7 Å². The maximum absolute atomic E-state index is 12.9. The number of halogens is 1. The van der Waals surface area contributed by atoms with E-state index in [9.17, 15) is 14.0 Å². The van der Waals surface area contributed by atoms with Crippen molar-refractivity contribution in [3.63, 3.8) is 0 Å². The molecule has 1 heterocycles. The second-order valence-electron chi connectivity index (χ2n) is 5.69. The van der Waals surface area contributed by atoms with Crippen LogP contribution in [0.25, 0.3) is 0 Å². The molecule has 0 bridgehead atoms. The molecule has 0 aliphatic carbocycles. The summed E-state index contributed by atoms with van der Waals surface area (Å²) in [5, 5.41) is 0. The van der Waals surface area contributed by atoms with Gasteiger partial charge in [0.25, 0.3) is 0 Å². The highest BCUT2D eigenvalue weighted by Gasteiger charge is 2.22. The van der Waals surface area contributed by atoms with Crippen LogP contribution in [0.2, 0.25) is 0 Å². The predicted octanol–water partition coefficient (Wildman–Crippen LogP) is 0.948. The van der Waals surface area contributed by atoms with Crippen molar-refractivity contribution in [1.29, 1.82) is 0 Å². The molecule has 2 amide bonds. The second-order valence-corrected chi connectivity index (χ2v) is 5.69. The first-order valence-electron chi connectivity index (χ1n) is 7.42. The van der Waals surface area contributed by atoms with Crippen LogP contribution in [0.1, 0.15) is 12.5 Å². The molecule has 0 saturated carbocycles. The molecule has 0 N–H and O–H groups in total. The SMILES string of the molecule is CC(=O)N(CC(=O)N1CCN(C)CC1)Cc1ccc(F)cc1. The van der Waals surface area contributed by atoms with Gasteiger partial charge < -0.3 is 14.7 Å². The average Bonchev–Trinajstić information content (AvgIpc) is 2.49. The van der Waals surface area contributed by atoms with Gasteiger partial charge in [0.15, 0.2) is 0 Å². The summed E-state index contributed by atoms with van der Waals surface area (Å²) in [4.78, 5) is 29.5. The van der Waals surface area contributed by atoms with Crippen LogP contribution in [0.5, 0.6) is 0 Å². The molecule has 2 rings (SSSR count). The highest BCUT2D eigenvalue weighted by molar-refractivity contribution is 5.83. The smallest absolute Gasteiger partial charge is 0.242 e. The Morgan fingerprint density at radius 1 is 1.14 bits per heavy atom. The van der Waals surface area contributed by atoms with Crippen LogP contribution in [0.15, 0.2) is 24.3 Å². The molecule has 0 unspecified atom stereocenters. The van der Waals surface area contributed by atoms with Gasteiger partial charge in [-0.25, -0.2) is 4.39 Å². The summed E-state index contributed by atoms with van der Waals surface area (Å²) in [7, 11) is 2.03. The van der Waals surface area contributed by atoms with Gasteiger partial charge in [-0.1, -0.05) is 12.1 Å². The zero-order valence-corrected chi connectivity index (χ0v) is 13.1. The van der Waals surface area contributed by atoms with Crippen molar-refractivity contribution in [2.24, 2.45) is 0 Å². The first-order chi connectivity index (χ1) is 10.5. The van der Waals surface area contributed by atoms with E-state index >= 15 is 0 Å². The highest BCUT2D eigenvalue weighted by atomic mass is 19.1. The molecular weight excluding hydrogens is 285 g/mol. The van der Waals surface area contributed by atoms with E-state index in [0.29, 0.717) is 19.6 Å². The summed E-state index contributed by atoms with van der Waals surface area (Å²) >= 11 is 0. The average molecular weight is 307 g/mol. The van der Waals surface area contributed by atoms with E-state index in [1.807, 2.05) is 7.05 Å². The standard InChI is InChI=1S/C16H22FN3O2/c1-13(21)20(11-14-3-5-15(17)6-4-14)12-16(22)19-9-7-18(2)8-10-19/h3-6H,7-12H2,1-2H3. The molecule has 22 heavy (non-hydrogen) atoms. The predicted molar refractivity (Wildman–Crippen MR) is 81.6 cm³/mol. The fourth-order valence-electron chi connectivity index (χ4n) is 2.41. The van der Waals surface area contributed by atoms with E-state index in [1.165, 1.54) is 24.0 Å². The molecule has 1 aromatic carbocycles. The lowest BCUT2D eigenvalue weighted by atomic mass is 10.2. The van der Waals surface area contributed by atoms with Crippen LogP contribution in [-0.2, 0) is 16.1 Å². The van der Waals surface area contributed by atoms with Crippen LogP contribution in [-0.4, -0.2) is 66.3 Å². The third kappa shape index (κ3) is 4.53. The summed E-state index contributed by atoms with van der Waals surface area (Å²) in [5.74, 6) is -0.510. The van der Waals surface area contributed by atoms with Crippen molar-refractivity contribution in [1.82, 2.24) is 14.7 Å². The molecule has 0 atom stereocenters. The number of carbonyl (C=O) groups is 2. The molecule has 1 aromatic rings. The largest absolute Gasteiger partial charge is 0.339 e. The van der Waals surface area contributed by atoms with Gasteiger partial charge in [-0.15, -0.1) is 0 Å². The van der Waals surface area contributed by atoms with Gasteiger partial charge in [-0.3, -0.25) is 9.59 Å². The highest BCUT2D eigenvalue weighted by Crippen LogP contribution is 2.08. The Hall–Kier alpha value is -1.95. The van der Waals surface area contributed by atoms with E-state index in [-0.39, 0.29) is 24.2 Å². The van der Waals surface area contributed by atoms with Crippen molar-refractivity contribution >= 4 is 11.8 Å². The Balaban J connectivity index is 1.95. The normalized spacial score (nSPS) is 15.7. The van der Waals surface area contributed by atoms with Crippen molar-refractivity contribution in [2.75, 3.05) is 39.8 Å². The zero-order valence-electron chi connectivity index (χ0n) is 13.1.